The molecule has 4 rings (SSSR count). The molecule has 142 valence electrons. The van der Waals surface area contributed by atoms with Gasteiger partial charge in [0, 0.05) is 19.1 Å². The molecular formula is C19H26N2O4S. The van der Waals surface area contributed by atoms with Crippen LogP contribution in [-0.4, -0.2) is 51.7 Å². The number of rotatable bonds is 5. The molecule has 1 amide bonds. The van der Waals surface area contributed by atoms with Crippen molar-refractivity contribution in [3.05, 3.63) is 29.8 Å². The van der Waals surface area contributed by atoms with Crippen LogP contribution in [0.1, 0.15) is 37.7 Å². The van der Waals surface area contributed by atoms with Crippen LogP contribution in [-0.2, 0) is 20.2 Å². The van der Waals surface area contributed by atoms with Crippen LogP contribution in [0.25, 0.3) is 0 Å². The van der Waals surface area contributed by atoms with E-state index in [1.54, 1.807) is 7.11 Å². The molecule has 26 heavy (non-hydrogen) atoms. The highest BCUT2D eigenvalue weighted by atomic mass is 32.2. The van der Waals surface area contributed by atoms with Crippen molar-refractivity contribution in [3.8, 4) is 5.75 Å². The van der Waals surface area contributed by atoms with Crippen molar-refractivity contribution >= 4 is 15.9 Å². The number of piperidine rings is 1. The number of hydrogen-bond acceptors (Lipinski definition) is 4. The molecule has 1 N–H and O–H groups in total. The van der Waals surface area contributed by atoms with Crippen LogP contribution in [0.15, 0.2) is 24.3 Å². The minimum atomic E-state index is -3.16. The molecule has 3 fully saturated rings. The maximum atomic E-state index is 13.2. The molecule has 2 aliphatic carbocycles. The number of nitrogens with zero attached hydrogens (tertiary/aromatic N) is 1. The van der Waals surface area contributed by atoms with Gasteiger partial charge in [-0.15, -0.1) is 0 Å². The Balaban J connectivity index is 1.40. The van der Waals surface area contributed by atoms with Crippen LogP contribution in [0, 0.1) is 5.41 Å². The van der Waals surface area contributed by atoms with Crippen LogP contribution in [0.3, 0.4) is 0 Å². The van der Waals surface area contributed by atoms with Crippen molar-refractivity contribution in [1.82, 2.24) is 9.62 Å². The van der Waals surface area contributed by atoms with Gasteiger partial charge in [-0.1, -0.05) is 12.1 Å². The Kier molecular flexibility index (Phi) is 4.08. The largest absolute Gasteiger partial charge is 0.497 e. The summed E-state index contributed by atoms with van der Waals surface area (Å²) in [7, 11) is -1.52. The molecule has 1 atom stereocenters. The number of nitrogens with one attached hydrogen (secondary N) is 1. The molecule has 0 bridgehead atoms. The van der Waals surface area contributed by atoms with Gasteiger partial charge in [-0.3, -0.25) is 4.79 Å². The van der Waals surface area contributed by atoms with Crippen molar-refractivity contribution < 1.29 is 17.9 Å². The van der Waals surface area contributed by atoms with Gasteiger partial charge in [-0.2, -0.15) is 0 Å². The molecule has 1 aromatic rings. The molecular weight excluding hydrogens is 352 g/mol. The third-order valence-corrected chi connectivity index (χ3v) is 7.11. The fraction of sp³-hybridized carbons (Fsp3) is 0.632. The fourth-order valence-corrected chi connectivity index (χ4v) is 5.29. The van der Waals surface area contributed by atoms with E-state index in [0.29, 0.717) is 0 Å². The Morgan fingerprint density at radius 3 is 2.27 bits per heavy atom. The van der Waals surface area contributed by atoms with Gasteiger partial charge < -0.3 is 9.64 Å². The lowest BCUT2D eigenvalue weighted by atomic mass is 9.89. The number of benzene rings is 1. The zero-order valence-corrected chi connectivity index (χ0v) is 16.1. The van der Waals surface area contributed by atoms with Gasteiger partial charge in [0.25, 0.3) is 0 Å². The van der Waals surface area contributed by atoms with Gasteiger partial charge in [0.2, 0.25) is 15.9 Å². The first-order valence-corrected chi connectivity index (χ1v) is 11.1. The van der Waals surface area contributed by atoms with E-state index < -0.39 is 10.0 Å². The zero-order chi connectivity index (χ0) is 18.6. The Bertz CT molecular complexity index is 806. The smallest absolute Gasteiger partial charge is 0.233 e. The first kappa shape index (κ1) is 17.8. The highest BCUT2D eigenvalue weighted by Gasteiger charge is 2.58. The highest BCUT2D eigenvalue weighted by Crippen LogP contribution is 2.55. The topological polar surface area (TPSA) is 75.7 Å². The van der Waals surface area contributed by atoms with E-state index in [-0.39, 0.29) is 22.8 Å². The summed E-state index contributed by atoms with van der Waals surface area (Å²) in [6, 6.07) is 7.88. The summed E-state index contributed by atoms with van der Waals surface area (Å²) in [5.41, 5.74) is 0.785. The number of ether oxygens (including phenoxy) is 1. The number of sulfonamides is 1. The Morgan fingerprint density at radius 1 is 1.15 bits per heavy atom. The van der Waals surface area contributed by atoms with E-state index >= 15 is 0 Å². The molecule has 1 heterocycles. The monoisotopic (exact) mass is 378 g/mol. The van der Waals surface area contributed by atoms with Crippen LogP contribution in [0.5, 0.6) is 5.75 Å². The molecule has 1 unspecified atom stereocenters. The maximum absolute atomic E-state index is 13.2. The zero-order valence-electron chi connectivity index (χ0n) is 15.3. The van der Waals surface area contributed by atoms with Gasteiger partial charge in [-0.25, -0.2) is 13.1 Å². The summed E-state index contributed by atoms with van der Waals surface area (Å²) in [6.07, 6.45) is 5.67. The molecule has 1 saturated heterocycles. The first-order valence-electron chi connectivity index (χ1n) is 9.19. The number of carbonyl (C=O) groups excluding carboxylic acids is 1. The molecule has 1 spiro atoms. The van der Waals surface area contributed by atoms with E-state index in [1.165, 1.54) is 6.26 Å². The second kappa shape index (κ2) is 5.96. The number of carbonyl (C=O) groups is 1. The van der Waals surface area contributed by atoms with E-state index in [1.807, 2.05) is 29.2 Å². The van der Waals surface area contributed by atoms with E-state index in [0.717, 1.165) is 56.5 Å². The summed E-state index contributed by atoms with van der Waals surface area (Å²) in [5.74, 6) is 1.03. The van der Waals surface area contributed by atoms with Crippen LogP contribution >= 0.6 is 0 Å². The van der Waals surface area contributed by atoms with Crippen molar-refractivity contribution in [1.29, 1.82) is 0 Å². The summed E-state index contributed by atoms with van der Waals surface area (Å²) < 4.78 is 30.8. The predicted octanol–water partition coefficient (Wildman–Crippen LogP) is 1.66. The van der Waals surface area contributed by atoms with Crippen molar-refractivity contribution in [3.63, 3.8) is 0 Å². The van der Waals surface area contributed by atoms with E-state index in [9.17, 15) is 13.2 Å². The number of hydrogen-bond donors (Lipinski definition) is 1. The van der Waals surface area contributed by atoms with E-state index in [2.05, 4.69) is 4.72 Å². The second-order valence-corrected chi connectivity index (χ2v) is 9.89. The normalized spacial score (nSPS) is 25.8. The van der Waals surface area contributed by atoms with Crippen LogP contribution in [0.4, 0.5) is 0 Å². The molecule has 0 aromatic heterocycles. The third kappa shape index (κ3) is 3.11. The number of amides is 1. The highest BCUT2D eigenvalue weighted by molar-refractivity contribution is 7.88. The molecule has 7 heteroatoms. The SMILES string of the molecule is COc1ccc(C2(C(=O)N3CCC4(CC3)CC4NS(C)(=O)=O)CC2)cc1. The lowest BCUT2D eigenvalue weighted by molar-refractivity contribution is -0.135. The molecule has 3 aliphatic rings. The maximum Gasteiger partial charge on any atom is 0.233 e. The molecule has 0 radical (unpaired) electrons. The molecule has 2 saturated carbocycles. The minimum Gasteiger partial charge on any atom is -0.497 e. The summed E-state index contributed by atoms with van der Waals surface area (Å²) in [6.45, 7) is 1.44. The van der Waals surface area contributed by atoms with Crippen molar-refractivity contribution in [2.45, 2.75) is 43.6 Å². The average molecular weight is 378 g/mol. The minimum absolute atomic E-state index is 0.0474. The van der Waals surface area contributed by atoms with Gasteiger partial charge in [0.05, 0.1) is 18.8 Å². The summed E-state index contributed by atoms with van der Waals surface area (Å²) >= 11 is 0. The third-order valence-electron chi connectivity index (χ3n) is 6.39. The van der Waals surface area contributed by atoms with Gasteiger partial charge in [-0.05, 0) is 55.2 Å². The first-order chi connectivity index (χ1) is 12.3. The number of methoxy groups -OCH3 is 1. The average Bonchev–Trinajstić information content (AvgIpc) is 3.52. The van der Waals surface area contributed by atoms with Crippen molar-refractivity contribution in [2.75, 3.05) is 26.5 Å². The molecule has 6 nitrogen and oxygen atoms in total. The fourth-order valence-electron chi connectivity index (χ4n) is 4.44. The lowest BCUT2D eigenvalue weighted by Crippen LogP contribution is -2.45. The second-order valence-electron chi connectivity index (χ2n) is 8.11. The van der Waals surface area contributed by atoms with Crippen LogP contribution in [0.2, 0.25) is 0 Å². The Hall–Kier alpha value is -1.60. The molecule has 1 aliphatic heterocycles. The van der Waals surface area contributed by atoms with Gasteiger partial charge in [0.1, 0.15) is 5.75 Å². The van der Waals surface area contributed by atoms with Crippen LogP contribution < -0.4 is 9.46 Å². The Labute approximate surface area is 155 Å². The molecule has 1 aromatic carbocycles. The van der Waals surface area contributed by atoms with Gasteiger partial charge >= 0.3 is 0 Å². The van der Waals surface area contributed by atoms with Crippen molar-refractivity contribution in [2.24, 2.45) is 5.41 Å². The van der Waals surface area contributed by atoms with Gasteiger partial charge in [0.15, 0.2) is 0 Å². The number of likely N-dealkylation sites (tertiary alicyclic amines) is 1. The summed E-state index contributed by atoms with van der Waals surface area (Å²) in [4.78, 5) is 15.1. The standard InChI is InChI=1S/C19H26N2O4S/c1-25-15-5-3-14(4-6-15)19(7-8-19)17(22)21-11-9-18(10-12-21)13-16(18)20-26(2,23)24/h3-6,16,20H,7-13H2,1-2H3. The van der Waals surface area contributed by atoms with E-state index in [4.69, 9.17) is 4.74 Å². The predicted molar refractivity (Wildman–Crippen MR) is 98.5 cm³/mol. The lowest BCUT2D eigenvalue weighted by Gasteiger charge is -2.35. The summed E-state index contributed by atoms with van der Waals surface area (Å²) in [5, 5.41) is 0. The Morgan fingerprint density at radius 2 is 1.77 bits per heavy atom. The quantitative estimate of drug-likeness (QED) is 0.845.